The number of rotatable bonds is 4. The average Bonchev–Trinajstić information content (AvgIpc) is 2.84. The monoisotopic (exact) mass is 328 g/mol. The molecule has 0 unspecified atom stereocenters. The Bertz CT molecular complexity index is 843. The van der Waals surface area contributed by atoms with Gasteiger partial charge in [-0.2, -0.15) is 0 Å². The van der Waals surface area contributed by atoms with Gasteiger partial charge in [0.15, 0.2) is 0 Å². The Labute approximate surface area is 139 Å². The highest BCUT2D eigenvalue weighted by Gasteiger charge is 2.07. The van der Waals surface area contributed by atoms with E-state index in [1.54, 1.807) is 24.3 Å². The lowest BCUT2D eigenvalue weighted by Crippen LogP contribution is -2.30. The van der Waals surface area contributed by atoms with Crippen molar-refractivity contribution in [3.63, 3.8) is 0 Å². The number of fused-ring (bicyclic) bond motifs is 1. The third-order valence-corrected chi connectivity index (χ3v) is 3.83. The Morgan fingerprint density at radius 1 is 1.22 bits per heavy atom. The Hall–Kier alpha value is -2.53. The van der Waals surface area contributed by atoms with Crippen molar-refractivity contribution in [2.75, 3.05) is 11.9 Å². The van der Waals surface area contributed by atoms with Crippen LogP contribution in [0.1, 0.15) is 5.82 Å². The van der Waals surface area contributed by atoms with E-state index in [-0.39, 0.29) is 6.03 Å². The minimum absolute atomic E-state index is 0.258. The first-order chi connectivity index (χ1) is 11.1. The number of carbonyl (C=O) groups excluding carboxylic acids is 1. The number of hydrogen-bond acceptors (Lipinski definition) is 2. The van der Waals surface area contributed by atoms with E-state index in [4.69, 9.17) is 11.6 Å². The number of benzene rings is 2. The zero-order valence-corrected chi connectivity index (χ0v) is 13.5. The molecule has 2 aromatic carbocycles. The number of nitrogens with one attached hydrogen (secondary N) is 2. The van der Waals surface area contributed by atoms with E-state index in [1.807, 2.05) is 35.9 Å². The van der Waals surface area contributed by atoms with Gasteiger partial charge in [0.1, 0.15) is 5.82 Å². The molecule has 0 aliphatic heterocycles. The Morgan fingerprint density at radius 3 is 2.83 bits per heavy atom. The molecule has 0 aliphatic rings. The molecule has 0 fully saturated rings. The van der Waals surface area contributed by atoms with Gasteiger partial charge in [-0.3, -0.25) is 0 Å². The SMILES string of the molecule is Cn1c(CCNC(=O)Nc2cccc(Cl)c2)nc2ccccc21. The maximum Gasteiger partial charge on any atom is 0.319 e. The molecule has 1 heterocycles. The maximum atomic E-state index is 11.9. The van der Waals surface area contributed by atoms with Gasteiger partial charge in [-0.15, -0.1) is 0 Å². The minimum atomic E-state index is -0.258. The summed E-state index contributed by atoms with van der Waals surface area (Å²) in [6.45, 7) is 0.504. The first-order valence-corrected chi connectivity index (χ1v) is 7.72. The fourth-order valence-corrected chi connectivity index (χ4v) is 2.64. The quantitative estimate of drug-likeness (QED) is 0.769. The summed E-state index contributed by atoms with van der Waals surface area (Å²) in [5.74, 6) is 0.939. The average molecular weight is 329 g/mol. The van der Waals surface area contributed by atoms with Crippen LogP contribution in [0.3, 0.4) is 0 Å². The summed E-state index contributed by atoms with van der Waals surface area (Å²) < 4.78 is 2.05. The van der Waals surface area contributed by atoms with Crippen LogP contribution < -0.4 is 10.6 Å². The number of aryl methyl sites for hydroxylation is 1. The number of carbonyl (C=O) groups is 1. The number of amides is 2. The van der Waals surface area contributed by atoms with Crippen molar-refractivity contribution in [3.05, 3.63) is 59.4 Å². The number of imidazole rings is 1. The Kier molecular flexibility index (Phi) is 4.48. The lowest BCUT2D eigenvalue weighted by Gasteiger charge is -2.08. The van der Waals surface area contributed by atoms with Gasteiger partial charge in [0.25, 0.3) is 0 Å². The molecular weight excluding hydrogens is 312 g/mol. The van der Waals surface area contributed by atoms with Gasteiger partial charge in [0.2, 0.25) is 0 Å². The normalized spacial score (nSPS) is 10.7. The van der Waals surface area contributed by atoms with Gasteiger partial charge in [-0.25, -0.2) is 9.78 Å². The van der Waals surface area contributed by atoms with Gasteiger partial charge in [-0.05, 0) is 30.3 Å². The van der Waals surface area contributed by atoms with E-state index in [0.717, 1.165) is 16.9 Å². The number of anilines is 1. The number of nitrogens with zero attached hydrogens (tertiary/aromatic N) is 2. The van der Waals surface area contributed by atoms with Crippen LogP contribution in [-0.2, 0) is 13.5 Å². The highest BCUT2D eigenvalue weighted by atomic mass is 35.5. The zero-order chi connectivity index (χ0) is 16.2. The van der Waals surface area contributed by atoms with Crippen molar-refractivity contribution in [1.29, 1.82) is 0 Å². The summed E-state index contributed by atoms with van der Waals surface area (Å²) >= 11 is 5.89. The summed E-state index contributed by atoms with van der Waals surface area (Å²) in [4.78, 5) is 16.5. The minimum Gasteiger partial charge on any atom is -0.337 e. The number of urea groups is 1. The van der Waals surface area contributed by atoms with E-state index in [9.17, 15) is 4.79 Å². The van der Waals surface area contributed by atoms with Crippen LogP contribution in [0.25, 0.3) is 11.0 Å². The second-order valence-electron chi connectivity index (χ2n) is 5.22. The first kappa shape index (κ1) is 15.4. The molecule has 3 aromatic rings. The summed E-state index contributed by atoms with van der Waals surface area (Å²) in [7, 11) is 1.98. The predicted molar refractivity (Wildman–Crippen MR) is 92.9 cm³/mol. The van der Waals surface area contributed by atoms with Crippen LogP contribution in [0.2, 0.25) is 5.02 Å². The van der Waals surface area contributed by atoms with Crippen molar-refractivity contribution in [1.82, 2.24) is 14.9 Å². The molecule has 0 saturated carbocycles. The lowest BCUT2D eigenvalue weighted by molar-refractivity contribution is 0.252. The standard InChI is InChI=1S/C17H17ClN4O/c1-22-15-8-3-2-7-14(15)21-16(22)9-10-19-17(23)20-13-6-4-5-12(18)11-13/h2-8,11H,9-10H2,1H3,(H2,19,20,23). The fourth-order valence-electron chi connectivity index (χ4n) is 2.45. The van der Waals surface area contributed by atoms with E-state index in [0.29, 0.717) is 23.7 Å². The van der Waals surface area contributed by atoms with Gasteiger partial charge >= 0.3 is 6.03 Å². The third-order valence-electron chi connectivity index (χ3n) is 3.60. The molecule has 5 nitrogen and oxygen atoms in total. The number of para-hydroxylation sites is 2. The zero-order valence-electron chi connectivity index (χ0n) is 12.7. The largest absolute Gasteiger partial charge is 0.337 e. The Balaban J connectivity index is 1.56. The highest BCUT2D eigenvalue weighted by Crippen LogP contribution is 2.15. The molecule has 118 valence electrons. The second-order valence-corrected chi connectivity index (χ2v) is 5.65. The molecule has 0 saturated heterocycles. The maximum absolute atomic E-state index is 11.9. The molecule has 3 rings (SSSR count). The summed E-state index contributed by atoms with van der Waals surface area (Å²) in [6, 6.07) is 14.8. The van der Waals surface area contributed by atoms with Crippen LogP contribution in [-0.4, -0.2) is 22.1 Å². The molecule has 2 N–H and O–H groups in total. The summed E-state index contributed by atoms with van der Waals surface area (Å²) in [5.41, 5.74) is 2.72. The van der Waals surface area contributed by atoms with Gasteiger partial charge in [0, 0.05) is 30.7 Å². The molecule has 2 amide bonds. The molecule has 0 bridgehead atoms. The summed E-state index contributed by atoms with van der Waals surface area (Å²) in [5, 5.41) is 6.16. The van der Waals surface area contributed by atoms with Crippen LogP contribution >= 0.6 is 11.6 Å². The fraction of sp³-hybridized carbons (Fsp3) is 0.176. The molecule has 0 spiro atoms. The van der Waals surface area contributed by atoms with Crippen LogP contribution in [0.4, 0.5) is 10.5 Å². The van der Waals surface area contributed by atoms with Gasteiger partial charge in [-0.1, -0.05) is 29.8 Å². The van der Waals surface area contributed by atoms with Crippen LogP contribution in [0, 0.1) is 0 Å². The van der Waals surface area contributed by atoms with Crippen LogP contribution in [0.15, 0.2) is 48.5 Å². The number of aromatic nitrogens is 2. The number of hydrogen-bond donors (Lipinski definition) is 2. The van der Waals surface area contributed by atoms with E-state index in [2.05, 4.69) is 15.6 Å². The van der Waals surface area contributed by atoms with Crippen molar-refractivity contribution < 1.29 is 4.79 Å². The molecule has 0 radical (unpaired) electrons. The molecular formula is C17H17ClN4O. The number of halogens is 1. The van der Waals surface area contributed by atoms with Crippen molar-refractivity contribution in [2.24, 2.45) is 7.05 Å². The highest BCUT2D eigenvalue weighted by molar-refractivity contribution is 6.30. The van der Waals surface area contributed by atoms with E-state index >= 15 is 0 Å². The van der Waals surface area contributed by atoms with Crippen molar-refractivity contribution in [2.45, 2.75) is 6.42 Å². The molecule has 23 heavy (non-hydrogen) atoms. The van der Waals surface area contributed by atoms with Crippen molar-refractivity contribution in [3.8, 4) is 0 Å². The summed E-state index contributed by atoms with van der Waals surface area (Å²) in [6.07, 6.45) is 0.661. The topological polar surface area (TPSA) is 59.0 Å². The van der Waals surface area contributed by atoms with E-state index in [1.165, 1.54) is 0 Å². The molecule has 1 aromatic heterocycles. The molecule has 6 heteroatoms. The third kappa shape index (κ3) is 3.63. The Morgan fingerprint density at radius 2 is 2.04 bits per heavy atom. The smallest absolute Gasteiger partial charge is 0.319 e. The molecule has 0 aliphatic carbocycles. The van der Waals surface area contributed by atoms with Crippen molar-refractivity contribution >= 4 is 34.4 Å². The molecule has 0 atom stereocenters. The van der Waals surface area contributed by atoms with Gasteiger partial charge < -0.3 is 15.2 Å². The van der Waals surface area contributed by atoms with E-state index < -0.39 is 0 Å². The lowest BCUT2D eigenvalue weighted by atomic mass is 10.3. The van der Waals surface area contributed by atoms with Crippen LogP contribution in [0.5, 0.6) is 0 Å². The predicted octanol–water partition coefficient (Wildman–Crippen LogP) is 3.59. The first-order valence-electron chi connectivity index (χ1n) is 7.34. The second kappa shape index (κ2) is 6.71. The van der Waals surface area contributed by atoms with Gasteiger partial charge in [0.05, 0.1) is 11.0 Å².